The normalized spacial score (nSPS) is 10.9. The van der Waals surface area contributed by atoms with E-state index in [1.807, 2.05) is 0 Å². The van der Waals surface area contributed by atoms with Crippen LogP contribution < -0.4 is 0 Å². The Bertz CT molecular complexity index is 516. The van der Waals surface area contributed by atoms with Crippen molar-refractivity contribution >= 4 is 34.2 Å². The fourth-order valence-electron chi connectivity index (χ4n) is 1.02. The van der Waals surface area contributed by atoms with Crippen molar-refractivity contribution in [2.45, 2.75) is 0 Å². The first-order valence-corrected chi connectivity index (χ1v) is 4.32. The lowest BCUT2D eigenvalue weighted by atomic mass is 10.3. The quantitative estimate of drug-likeness (QED) is 0.700. The molecule has 0 N–H and O–H groups in total. The third-order valence-electron chi connectivity index (χ3n) is 1.65. The molecule has 72 valence electrons. The zero-order chi connectivity index (χ0) is 10.3. The van der Waals surface area contributed by atoms with Gasteiger partial charge in [-0.3, -0.25) is 0 Å². The lowest BCUT2D eigenvalue weighted by Crippen LogP contribution is -1.95. The number of fused-ring (bicyclic) bond motifs is 1. The van der Waals surface area contributed by atoms with Gasteiger partial charge in [0, 0.05) is 0 Å². The number of hydrogen-bond acceptors (Lipinski definition) is 2. The van der Waals surface area contributed by atoms with E-state index in [1.54, 1.807) is 0 Å². The Balaban J connectivity index is 2.89. The van der Waals surface area contributed by atoms with Crippen LogP contribution in [0, 0.1) is 11.9 Å². The second kappa shape index (κ2) is 3.29. The zero-order valence-electron chi connectivity index (χ0n) is 6.56. The number of benzene rings is 1. The predicted molar refractivity (Wildman–Crippen MR) is 49.5 cm³/mol. The molecule has 2 nitrogen and oxygen atoms in total. The van der Waals surface area contributed by atoms with Crippen LogP contribution in [0.1, 0.15) is 0 Å². The number of rotatable bonds is 0. The van der Waals surface area contributed by atoms with Crippen molar-refractivity contribution in [3.8, 4) is 0 Å². The topological polar surface area (TPSA) is 25.8 Å². The molecule has 0 spiro atoms. The van der Waals surface area contributed by atoms with E-state index in [9.17, 15) is 8.78 Å². The Kier molecular flexibility index (Phi) is 2.25. The van der Waals surface area contributed by atoms with Crippen LogP contribution in [-0.2, 0) is 0 Å². The van der Waals surface area contributed by atoms with E-state index in [0.29, 0.717) is 0 Å². The molecular formula is C8H2Cl2F2N2. The first kappa shape index (κ1) is 9.55. The van der Waals surface area contributed by atoms with Crippen LogP contribution in [0.5, 0.6) is 0 Å². The lowest BCUT2D eigenvalue weighted by Gasteiger charge is -2.01. The minimum Gasteiger partial charge on any atom is -0.214 e. The molecule has 1 heterocycles. The smallest absolute Gasteiger partial charge is 0.214 e. The summed E-state index contributed by atoms with van der Waals surface area (Å²) in [6, 6.07) is 2.86. The molecule has 6 heteroatoms. The summed E-state index contributed by atoms with van der Waals surface area (Å²) in [5.74, 6) is -2.54. The van der Waals surface area contributed by atoms with E-state index in [4.69, 9.17) is 23.2 Å². The van der Waals surface area contributed by atoms with Gasteiger partial charge in [-0.1, -0.05) is 23.2 Å². The highest BCUT2D eigenvalue weighted by atomic mass is 35.5. The van der Waals surface area contributed by atoms with Crippen LogP contribution in [0.25, 0.3) is 11.0 Å². The summed E-state index contributed by atoms with van der Waals surface area (Å²) in [6.07, 6.45) is 0. The molecule has 0 aliphatic heterocycles. The molecule has 1 aromatic heterocycles. The summed E-state index contributed by atoms with van der Waals surface area (Å²) >= 11 is 11.4. The fraction of sp³-hybridized carbons (Fsp3) is 0. The molecule has 0 atom stereocenters. The molecule has 0 amide bonds. The summed E-state index contributed by atoms with van der Waals surface area (Å²) < 4.78 is 25.4. The Hall–Kier alpha value is -1.00. The minimum absolute atomic E-state index is 0.0538. The average molecular weight is 235 g/mol. The van der Waals surface area contributed by atoms with Crippen LogP contribution in [0.3, 0.4) is 0 Å². The van der Waals surface area contributed by atoms with Crippen LogP contribution in [0.15, 0.2) is 12.1 Å². The zero-order valence-corrected chi connectivity index (χ0v) is 8.07. The van der Waals surface area contributed by atoms with Gasteiger partial charge in [0.25, 0.3) is 11.9 Å². The fourth-order valence-corrected chi connectivity index (χ4v) is 1.38. The van der Waals surface area contributed by atoms with Crippen molar-refractivity contribution in [1.82, 2.24) is 9.97 Å². The number of nitrogens with zero attached hydrogens (tertiary/aromatic N) is 2. The second-order valence-electron chi connectivity index (χ2n) is 2.53. The molecule has 2 aromatic rings. The summed E-state index contributed by atoms with van der Waals surface area (Å²) in [6.45, 7) is 0. The van der Waals surface area contributed by atoms with Crippen molar-refractivity contribution in [2.75, 3.05) is 0 Å². The lowest BCUT2D eigenvalue weighted by molar-refractivity contribution is 0.459. The molecule has 0 bridgehead atoms. The largest absolute Gasteiger partial charge is 0.269 e. The standard InChI is InChI=1S/C8H2Cl2F2N2/c9-3-1-2-4-6(5(3)10)14-8(12)7(11)13-4/h1-2H. The molecule has 0 radical (unpaired) electrons. The van der Waals surface area contributed by atoms with Gasteiger partial charge in [0.1, 0.15) is 5.52 Å². The molecule has 0 saturated carbocycles. The van der Waals surface area contributed by atoms with Gasteiger partial charge in [0.2, 0.25) is 0 Å². The van der Waals surface area contributed by atoms with Crippen molar-refractivity contribution in [1.29, 1.82) is 0 Å². The highest BCUT2D eigenvalue weighted by Crippen LogP contribution is 2.28. The Morgan fingerprint density at radius 1 is 1.00 bits per heavy atom. The monoisotopic (exact) mass is 234 g/mol. The molecule has 2 rings (SSSR count). The Morgan fingerprint density at radius 3 is 2.36 bits per heavy atom. The van der Waals surface area contributed by atoms with Gasteiger partial charge in [0.05, 0.1) is 15.6 Å². The molecule has 0 saturated heterocycles. The number of halogens is 4. The summed E-state index contributed by atoms with van der Waals surface area (Å²) in [5.41, 5.74) is 0.219. The summed E-state index contributed by atoms with van der Waals surface area (Å²) in [5, 5.41) is 0.287. The van der Waals surface area contributed by atoms with Crippen LogP contribution in [-0.4, -0.2) is 9.97 Å². The summed E-state index contributed by atoms with van der Waals surface area (Å²) in [7, 11) is 0. The first-order chi connectivity index (χ1) is 6.59. The van der Waals surface area contributed by atoms with Gasteiger partial charge in [-0.25, -0.2) is 9.97 Å². The van der Waals surface area contributed by atoms with E-state index < -0.39 is 11.9 Å². The second-order valence-corrected chi connectivity index (χ2v) is 3.32. The van der Waals surface area contributed by atoms with Crippen LogP contribution in [0.4, 0.5) is 8.78 Å². The molecule has 0 aliphatic carbocycles. The molecule has 0 fully saturated rings. The first-order valence-electron chi connectivity index (χ1n) is 3.56. The number of aromatic nitrogens is 2. The van der Waals surface area contributed by atoms with Gasteiger partial charge in [-0.15, -0.1) is 0 Å². The maximum Gasteiger partial charge on any atom is 0.269 e. The molecule has 1 aromatic carbocycles. The third kappa shape index (κ3) is 1.40. The van der Waals surface area contributed by atoms with Gasteiger partial charge in [-0.2, -0.15) is 8.78 Å². The average Bonchev–Trinajstić information content (AvgIpc) is 2.15. The minimum atomic E-state index is -1.29. The van der Waals surface area contributed by atoms with E-state index in [0.717, 1.165) is 0 Å². The third-order valence-corrected chi connectivity index (χ3v) is 2.44. The molecular weight excluding hydrogens is 233 g/mol. The van der Waals surface area contributed by atoms with Gasteiger partial charge < -0.3 is 0 Å². The van der Waals surface area contributed by atoms with Gasteiger partial charge in [0.15, 0.2) is 0 Å². The van der Waals surface area contributed by atoms with Gasteiger partial charge >= 0.3 is 0 Å². The Labute approximate surface area is 87.5 Å². The van der Waals surface area contributed by atoms with Crippen LogP contribution >= 0.6 is 23.2 Å². The highest BCUT2D eigenvalue weighted by Gasteiger charge is 2.11. The van der Waals surface area contributed by atoms with E-state index in [-0.39, 0.29) is 21.1 Å². The SMILES string of the molecule is Fc1nc2ccc(Cl)c(Cl)c2nc1F. The summed E-state index contributed by atoms with van der Waals surface area (Å²) in [4.78, 5) is 6.64. The highest BCUT2D eigenvalue weighted by molar-refractivity contribution is 6.44. The number of hydrogen-bond donors (Lipinski definition) is 0. The van der Waals surface area contributed by atoms with Gasteiger partial charge in [-0.05, 0) is 12.1 Å². The maximum absolute atomic E-state index is 12.7. The van der Waals surface area contributed by atoms with Crippen molar-refractivity contribution in [3.05, 3.63) is 34.1 Å². The van der Waals surface area contributed by atoms with Crippen molar-refractivity contribution in [3.63, 3.8) is 0 Å². The molecule has 14 heavy (non-hydrogen) atoms. The van der Waals surface area contributed by atoms with Crippen molar-refractivity contribution in [2.24, 2.45) is 0 Å². The van der Waals surface area contributed by atoms with Crippen LogP contribution in [0.2, 0.25) is 10.0 Å². The predicted octanol–water partition coefficient (Wildman–Crippen LogP) is 3.21. The van der Waals surface area contributed by atoms with E-state index >= 15 is 0 Å². The van der Waals surface area contributed by atoms with E-state index in [1.165, 1.54) is 12.1 Å². The molecule has 0 aliphatic rings. The van der Waals surface area contributed by atoms with E-state index in [2.05, 4.69) is 9.97 Å². The molecule has 0 unspecified atom stereocenters. The van der Waals surface area contributed by atoms with Crippen molar-refractivity contribution < 1.29 is 8.78 Å². The maximum atomic E-state index is 12.7. The Morgan fingerprint density at radius 2 is 1.64 bits per heavy atom.